The van der Waals surface area contributed by atoms with Crippen molar-refractivity contribution in [3.63, 3.8) is 0 Å². The van der Waals surface area contributed by atoms with E-state index < -0.39 is 17.7 Å². The Morgan fingerprint density at radius 1 is 1.24 bits per heavy atom. The molecule has 0 bridgehead atoms. The van der Waals surface area contributed by atoms with Gasteiger partial charge in [-0.1, -0.05) is 25.5 Å². The highest BCUT2D eigenvalue weighted by Crippen LogP contribution is 2.38. The van der Waals surface area contributed by atoms with Crippen molar-refractivity contribution in [1.29, 1.82) is 0 Å². The predicted molar refractivity (Wildman–Crippen MR) is 76.5 cm³/mol. The van der Waals surface area contributed by atoms with Crippen LogP contribution in [0, 0.1) is 11.6 Å². The van der Waals surface area contributed by atoms with Crippen molar-refractivity contribution in [2.24, 2.45) is 0 Å². The van der Waals surface area contributed by atoms with Crippen LogP contribution in [0.25, 0.3) is 0 Å². The van der Waals surface area contributed by atoms with Crippen molar-refractivity contribution in [2.45, 2.75) is 51.2 Å². The number of ether oxygens (including phenoxy) is 2. The molecule has 0 aromatic heterocycles. The Kier molecular flexibility index (Phi) is 4.24. The van der Waals surface area contributed by atoms with E-state index in [0.717, 1.165) is 31.2 Å². The van der Waals surface area contributed by atoms with Gasteiger partial charge in [0.1, 0.15) is 0 Å². The van der Waals surface area contributed by atoms with E-state index in [0.29, 0.717) is 18.6 Å². The van der Waals surface area contributed by atoms with Gasteiger partial charge in [0, 0.05) is 5.56 Å². The van der Waals surface area contributed by atoms with Crippen molar-refractivity contribution in [2.75, 3.05) is 6.61 Å². The lowest BCUT2D eigenvalue weighted by molar-refractivity contribution is 0.0639. The maximum Gasteiger partial charge on any atom is 0.201 e. The van der Waals surface area contributed by atoms with E-state index in [1.807, 2.05) is 12.2 Å². The molecule has 2 unspecified atom stereocenters. The van der Waals surface area contributed by atoms with Gasteiger partial charge in [0.15, 0.2) is 11.6 Å². The molecule has 2 aliphatic heterocycles. The maximum absolute atomic E-state index is 14.3. The molecule has 2 aliphatic rings. The maximum atomic E-state index is 14.3. The summed E-state index contributed by atoms with van der Waals surface area (Å²) >= 11 is 0. The second-order valence-electron chi connectivity index (χ2n) is 5.68. The van der Waals surface area contributed by atoms with Crippen LogP contribution < -0.4 is 4.74 Å². The highest BCUT2D eigenvalue weighted by molar-refractivity contribution is 5.42. The molecule has 114 valence electrons. The van der Waals surface area contributed by atoms with Gasteiger partial charge in [0.2, 0.25) is 5.82 Å². The summed E-state index contributed by atoms with van der Waals surface area (Å²) in [6.07, 6.45) is 7.45. The van der Waals surface area contributed by atoms with Gasteiger partial charge in [-0.15, -0.1) is 0 Å². The fraction of sp³-hybridized carbons (Fsp3) is 0.529. The van der Waals surface area contributed by atoms with Gasteiger partial charge in [0.25, 0.3) is 0 Å². The minimum atomic E-state index is -0.860. The van der Waals surface area contributed by atoms with Crippen LogP contribution in [0.1, 0.15) is 49.8 Å². The minimum absolute atomic E-state index is 0.00360. The smallest absolute Gasteiger partial charge is 0.201 e. The Hall–Kier alpha value is -1.42. The SMILES string of the molecule is CCCC1CCc2cc(C3CC=CCO3)c(F)c(F)c2O1. The molecule has 2 atom stereocenters. The highest BCUT2D eigenvalue weighted by atomic mass is 19.2. The second kappa shape index (κ2) is 6.14. The number of aryl methyl sites for hydroxylation is 1. The zero-order valence-electron chi connectivity index (χ0n) is 12.2. The lowest BCUT2D eigenvalue weighted by Crippen LogP contribution is -2.24. The molecule has 0 amide bonds. The molecule has 2 nitrogen and oxygen atoms in total. The van der Waals surface area contributed by atoms with Gasteiger partial charge < -0.3 is 9.47 Å². The highest BCUT2D eigenvalue weighted by Gasteiger charge is 2.29. The summed E-state index contributed by atoms with van der Waals surface area (Å²) in [5.74, 6) is -1.58. The van der Waals surface area contributed by atoms with Crippen molar-refractivity contribution in [1.82, 2.24) is 0 Å². The first-order valence-electron chi connectivity index (χ1n) is 7.64. The summed E-state index contributed by atoms with van der Waals surface area (Å²) < 4.78 is 39.8. The molecule has 0 radical (unpaired) electrons. The lowest BCUT2D eigenvalue weighted by Gasteiger charge is -2.28. The largest absolute Gasteiger partial charge is 0.487 e. The number of hydrogen-bond acceptors (Lipinski definition) is 2. The summed E-state index contributed by atoms with van der Waals surface area (Å²) in [7, 11) is 0. The van der Waals surface area contributed by atoms with Crippen molar-refractivity contribution < 1.29 is 18.3 Å². The molecule has 3 rings (SSSR count). The lowest BCUT2D eigenvalue weighted by atomic mass is 9.94. The van der Waals surface area contributed by atoms with Gasteiger partial charge in [-0.25, -0.2) is 4.39 Å². The van der Waals surface area contributed by atoms with E-state index in [4.69, 9.17) is 9.47 Å². The minimum Gasteiger partial charge on any atom is -0.487 e. The first kappa shape index (κ1) is 14.5. The van der Waals surface area contributed by atoms with Gasteiger partial charge in [-0.3, -0.25) is 0 Å². The topological polar surface area (TPSA) is 18.5 Å². The predicted octanol–water partition coefficient (Wildman–Crippen LogP) is 4.48. The Bertz CT molecular complexity index is 554. The summed E-state index contributed by atoms with van der Waals surface area (Å²) in [6, 6.07) is 1.72. The Morgan fingerprint density at radius 2 is 2.10 bits per heavy atom. The van der Waals surface area contributed by atoms with Gasteiger partial charge in [-0.05, 0) is 37.3 Å². The summed E-state index contributed by atoms with van der Waals surface area (Å²) in [6.45, 7) is 2.50. The zero-order valence-corrected chi connectivity index (χ0v) is 12.2. The fourth-order valence-electron chi connectivity index (χ4n) is 3.04. The Labute approximate surface area is 123 Å². The number of hydrogen-bond donors (Lipinski definition) is 0. The molecule has 0 aliphatic carbocycles. The molecule has 0 spiro atoms. The third-order valence-electron chi connectivity index (χ3n) is 4.16. The number of fused-ring (bicyclic) bond motifs is 1. The zero-order chi connectivity index (χ0) is 14.8. The van der Waals surface area contributed by atoms with Crippen LogP contribution in [0.3, 0.4) is 0 Å². The van der Waals surface area contributed by atoms with E-state index in [2.05, 4.69) is 6.92 Å². The van der Waals surface area contributed by atoms with E-state index in [-0.39, 0.29) is 11.9 Å². The molecule has 1 aromatic carbocycles. The van der Waals surface area contributed by atoms with Gasteiger partial charge >= 0.3 is 0 Å². The van der Waals surface area contributed by atoms with Crippen molar-refractivity contribution in [3.05, 3.63) is 41.0 Å². The molecule has 2 heterocycles. The van der Waals surface area contributed by atoms with Gasteiger partial charge in [-0.2, -0.15) is 4.39 Å². The van der Waals surface area contributed by atoms with Crippen LogP contribution in [0.2, 0.25) is 0 Å². The fourth-order valence-corrected chi connectivity index (χ4v) is 3.04. The summed E-state index contributed by atoms with van der Waals surface area (Å²) in [5.41, 5.74) is 1.07. The monoisotopic (exact) mass is 294 g/mol. The molecule has 4 heteroatoms. The molecule has 0 saturated heterocycles. The van der Waals surface area contributed by atoms with Crippen molar-refractivity contribution >= 4 is 0 Å². The molecule has 0 fully saturated rings. The molecule has 0 saturated carbocycles. The standard InChI is InChI=1S/C17H20F2O2/c1-2-5-12-8-7-11-10-13(14-6-3-4-9-20-14)15(18)16(19)17(11)21-12/h3-4,10,12,14H,2,5-9H2,1H3. The summed E-state index contributed by atoms with van der Waals surface area (Å²) in [4.78, 5) is 0. The third kappa shape index (κ3) is 2.82. The average molecular weight is 294 g/mol. The first-order chi connectivity index (χ1) is 10.2. The molecular formula is C17H20F2O2. The molecule has 0 N–H and O–H groups in total. The molecule has 1 aromatic rings. The quantitative estimate of drug-likeness (QED) is 0.765. The van der Waals surface area contributed by atoms with E-state index in [1.165, 1.54) is 0 Å². The summed E-state index contributed by atoms with van der Waals surface area (Å²) in [5, 5.41) is 0. The van der Waals surface area contributed by atoms with E-state index in [1.54, 1.807) is 6.07 Å². The van der Waals surface area contributed by atoms with Crippen molar-refractivity contribution in [3.8, 4) is 5.75 Å². The van der Waals surface area contributed by atoms with Crippen LogP contribution in [0.5, 0.6) is 5.75 Å². The van der Waals surface area contributed by atoms with Gasteiger partial charge in [0.05, 0.1) is 18.8 Å². The molecule has 21 heavy (non-hydrogen) atoms. The number of halogens is 2. The van der Waals surface area contributed by atoms with E-state index >= 15 is 0 Å². The second-order valence-corrected chi connectivity index (χ2v) is 5.68. The number of benzene rings is 1. The third-order valence-corrected chi connectivity index (χ3v) is 4.16. The van der Waals surface area contributed by atoms with Crippen LogP contribution in [-0.2, 0) is 11.2 Å². The first-order valence-corrected chi connectivity index (χ1v) is 7.64. The Morgan fingerprint density at radius 3 is 2.81 bits per heavy atom. The van der Waals surface area contributed by atoms with Crippen LogP contribution in [0.4, 0.5) is 8.78 Å². The van der Waals surface area contributed by atoms with Crippen LogP contribution >= 0.6 is 0 Å². The number of rotatable bonds is 3. The average Bonchev–Trinajstić information content (AvgIpc) is 2.52. The Balaban J connectivity index is 1.92. The normalized spacial score (nSPS) is 24.5. The van der Waals surface area contributed by atoms with Crippen LogP contribution in [0.15, 0.2) is 18.2 Å². The molecular weight excluding hydrogens is 274 g/mol. The van der Waals surface area contributed by atoms with Crippen LogP contribution in [-0.4, -0.2) is 12.7 Å². The van der Waals surface area contributed by atoms with E-state index in [9.17, 15) is 8.78 Å².